The average Bonchev–Trinajstić information content (AvgIpc) is 2.52. The van der Waals surface area contributed by atoms with Gasteiger partial charge in [-0.1, -0.05) is 22.0 Å². The Hall–Kier alpha value is -1.29. The summed E-state index contributed by atoms with van der Waals surface area (Å²) in [6.45, 7) is 0. The fourth-order valence-corrected chi connectivity index (χ4v) is 1.46. The number of benzene rings is 1. The number of aromatic hydroxyl groups is 1. The molecule has 1 aromatic carbocycles. The molecule has 0 spiro atoms. The SMILES string of the molecule is Oc1cnn(-c2cccc(Br)c2)c1. The van der Waals surface area contributed by atoms with E-state index in [0.29, 0.717) is 0 Å². The molecule has 1 heterocycles. The van der Waals surface area contributed by atoms with Crippen molar-refractivity contribution in [3.05, 3.63) is 41.1 Å². The summed E-state index contributed by atoms with van der Waals surface area (Å²) < 4.78 is 2.60. The van der Waals surface area contributed by atoms with Gasteiger partial charge in [0.1, 0.15) is 0 Å². The Labute approximate surface area is 83.8 Å². The smallest absolute Gasteiger partial charge is 0.153 e. The van der Waals surface area contributed by atoms with Gasteiger partial charge in [0, 0.05) is 4.47 Å². The highest BCUT2D eigenvalue weighted by Crippen LogP contribution is 2.16. The zero-order valence-corrected chi connectivity index (χ0v) is 8.27. The van der Waals surface area contributed by atoms with E-state index in [-0.39, 0.29) is 5.75 Å². The molecule has 3 nitrogen and oxygen atoms in total. The molecule has 66 valence electrons. The highest BCUT2D eigenvalue weighted by atomic mass is 79.9. The molecule has 0 unspecified atom stereocenters. The topological polar surface area (TPSA) is 38.1 Å². The number of nitrogens with zero attached hydrogens (tertiary/aromatic N) is 2. The largest absolute Gasteiger partial charge is 0.505 e. The molecule has 1 aromatic heterocycles. The Morgan fingerprint density at radius 3 is 2.85 bits per heavy atom. The second-order valence-electron chi connectivity index (χ2n) is 2.62. The lowest BCUT2D eigenvalue weighted by molar-refractivity contribution is 0.475. The van der Waals surface area contributed by atoms with E-state index < -0.39 is 0 Å². The maximum atomic E-state index is 9.09. The normalized spacial score (nSPS) is 10.2. The van der Waals surface area contributed by atoms with Crippen molar-refractivity contribution < 1.29 is 5.11 Å². The van der Waals surface area contributed by atoms with Crippen molar-refractivity contribution in [2.75, 3.05) is 0 Å². The van der Waals surface area contributed by atoms with Crippen LogP contribution in [-0.4, -0.2) is 14.9 Å². The first kappa shape index (κ1) is 8.31. The minimum atomic E-state index is 0.167. The molecular formula is C9H7BrN2O. The van der Waals surface area contributed by atoms with Crippen molar-refractivity contribution in [3.63, 3.8) is 0 Å². The van der Waals surface area contributed by atoms with Gasteiger partial charge in [-0.05, 0) is 18.2 Å². The van der Waals surface area contributed by atoms with Crippen LogP contribution in [0, 0.1) is 0 Å². The molecule has 2 aromatic rings. The summed E-state index contributed by atoms with van der Waals surface area (Å²) >= 11 is 3.36. The number of hydrogen-bond acceptors (Lipinski definition) is 2. The van der Waals surface area contributed by atoms with Gasteiger partial charge in [0.15, 0.2) is 5.75 Å². The molecule has 0 fully saturated rings. The van der Waals surface area contributed by atoms with Crippen LogP contribution in [-0.2, 0) is 0 Å². The molecule has 13 heavy (non-hydrogen) atoms. The van der Waals surface area contributed by atoms with E-state index in [1.54, 1.807) is 10.9 Å². The van der Waals surface area contributed by atoms with Crippen LogP contribution in [0.3, 0.4) is 0 Å². The molecule has 4 heteroatoms. The van der Waals surface area contributed by atoms with Crippen LogP contribution in [0.4, 0.5) is 0 Å². The van der Waals surface area contributed by atoms with Gasteiger partial charge in [0.2, 0.25) is 0 Å². The predicted molar refractivity (Wildman–Crippen MR) is 52.9 cm³/mol. The maximum Gasteiger partial charge on any atom is 0.153 e. The molecule has 0 radical (unpaired) electrons. The van der Waals surface area contributed by atoms with Gasteiger partial charge in [-0.2, -0.15) is 5.10 Å². The molecule has 0 bridgehead atoms. The molecule has 0 atom stereocenters. The molecule has 0 amide bonds. The number of aromatic nitrogens is 2. The standard InChI is InChI=1S/C9H7BrN2O/c10-7-2-1-3-8(4-7)12-6-9(13)5-11-12/h1-6,13H. The van der Waals surface area contributed by atoms with Gasteiger partial charge < -0.3 is 5.11 Å². The van der Waals surface area contributed by atoms with E-state index in [9.17, 15) is 0 Å². The summed E-state index contributed by atoms with van der Waals surface area (Å²) in [5.41, 5.74) is 0.912. The van der Waals surface area contributed by atoms with Crippen LogP contribution in [0.2, 0.25) is 0 Å². The summed E-state index contributed by atoms with van der Waals surface area (Å²) in [6, 6.07) is 7.69. The second kappa shape index (κ2) is 3.22. The van der Waals surface area contributed by atoms with Crippen molar-refractivity contribution >= 4 is 15.9 Å². The monoisotopic (exact) mass is 238 g/mol. The Balaban J connectivity index is 2.46. The van der Waals surface area contributed by atoms with Gasteiger partial charge in [0.05, 0.1) is 18.1 Å². The van der Waals surface area contributed by atoms with Crippen LogP contribution < -0.4 is 0 Å². The minimum absolute atomic E-state index is 0.167. The van der Waals surface area contributed by atoms with E-state index in [1.807, 2.05) is 24.3 Å². The molecule has 1 N–H and O–H groups in total. The van der Waals surface area contributed by atoms with E-state index >= 15 is 0 Å². The lowest BCUT2D eigenvalue weighted by Crippen LogP contribution is -1.92. The lowest BCUT2D eigenvalue weighted by Gasteiger charge is -1.99. The van der Waals surface area contributed by atoms with Gasteiger partial charge >= 0.3 is 0 Å². The van der Waals surface area contributed by atoms with Crippen molar-refractivity contribution in [2.24, 2.45) is 0 Å². The van der Waals surface area contributed by atoms with Crippen molar-refractivity contribution in [2.45, 2.75) is 0 Å². The zero-order chi connectivity index (χ0) is 9.26. The Morgan fingerprint density at radius 2 is 2.23 bits per heavy atom. The Morgan fingerprint density at radius 1 is 1.38 bits per heavy atom. The third kappa shape index (κ3) is 1.72. The first-order valence-corrected chi connectivity index (χ1v) is 4.54. The molecule has 0 aliphatic carbocycles. The van der Waals surface area contributed by atoms with Gasteiger partial charge in [-0.15, -0.1) is 0 Å². The summed E-state index contributed by atoms with van der Waals surface area (Å²) in [5, 5.41) is 13.1. The molecule has 0 aliphatic rings. The first-order chi connectivity index (χ1) is 6.25. The third-order valence-electron chi connectivity index (χ3n) is 1.64. The predicted octanol–water partition coefficient (Wildman–Crippen LogP) is 2.34. The summed E-state index contributed by atoms with van der Waals surface area (Å²) in [4.78, 5) is 0. The molecule has 2 rings (SSSR count). The Bertz CT molecular complexity index is 425. The number of halogens is 1. The number of rotatable bonds is 1. The van der Waals surface area contributed by atoms with Gasteiger partial charge in [-0.3, -0.25) is 0 Å². The molecular weight excluding hydrogens is 232 g/mol. The first-order valence-electron chi connectivity index (χ1n) is 3.75. The van der Waals surface area contributed by atoms with Crippen molar-refractivity contribution in [1.29, 1.82) is 0 Å². The Kier molecular flexibility index (Phi) is 2.06. The van der Waals surface area contributed by atoms with E-state index in [4.69, 9.17) is 5.11 Å². The van der Waals surface area contributed by atoms with Gasteiger partial charge in [0.25, 0.3) is 0 Å². The summed E-state index contributed by atoms with van der Waals surface area (Å²) in [7, 11) is 0. The summed E-state index contributed by atoms with van der Waals surface area (Å²) in [5.74, 6) is 0.167. The second-order valence-corrected chi connectivity index (χ2v) is 3.54. The fraction of sp³-hybridized carbons (Fsp3) is 0. The zero-order valence-electron chi connectivity index (χ0n) is 6.68. The highest BCUT2D eigenvalue weighted by molar-refractivity contribution is 9.10. The lowest BCUT2D eigenvalue weighted by atomic mass is 10.3. The molecule has 0 aliphatic heterocycles. The van der Waals surface area contributed by atoms with E-state index in [0.717, 1.165) is 10.2 Å². The van der Waals surface area contributed by atoms with Crippen LogP contribution in [0.25, 0.3) is 5.69 Å². The summed E-state index contributed by atoms with van der Waals surface area (Å²) in [6.07, 6.45) is 2.96. The van der Waals surface area contributed by atoms with Crippen molar-refractivity contribution in [3.8, 4) is 11.4 Å². The number of hydrogen-bond donors (Lipinski definition) is 1. The fourth-order valence-electron chi connectivity index (χ4n) is 1.07. The van der Waals surface area contributed by atoms with Crippen LogP contribution >= 0.6 is 15.9 Å². The average molecular weight is 239 g/mol. The van der Waals surface area contributed by atoms with Crippen molar-refractivity contribution in [1.82, 2.24) is 9.78 Å². The van der Waals surface area contributed by atoms with Crippen LogP contribution in [0.5, 0.6) is 5.75 Å². The maximum absolute atomic E-state index is 9.09. The van der Waals surface area contributed by atoms with Gasteiger partial charge in [-0.25, -0.2) is 4.68 Å². The van der Waals surface area contributed by atoms with Crippen LogP contribution in [0.1, 0.15) is 0 Å². The van der Waals surface area contributed by atoms with E-state index in [1.165, 1.54) is 6.20 Å². The minimum Gasteiger partial charge on any atom is -0.505 e. The van der Waals surface area contributed by atoms with Crippen LogP contribution in [0.15, 0.2) is 41.1 Å². The third-order valence-corrected chi connectivity index (χ3v) is 2.13. The molecule has 0 saturated carbocycles. The van der Waals surface area contributed by atoms with E-state index in [2.05, 4.69) is 21.0 Å². The molecule has 0 saturated heterocycles. The quantitative estimate of drug-likeness (QED) is 0.829. The highest BCUT2D eigenvalue weighted by Gasteiger charge is 1.98.